The van der Waals surface area contributed by atoms with Crippen LogP contribution >= 0.6 is 11.3 Å². The number of carboxylic acid groups (broad SMARTS) is 2. The number of rotatable bonds is 4. The van der Waals surface area contributed by atoms with Crippen LogP contribution in [-0.2, 0) is 27.5 Å². The Morgan fingerprint density at radius 2 is 1.93 bits per heavy atom. The van der Waals surface area contributed by atoms with Crippen LogP contribution in [0.25, 0.3) is 10.6 Å². The number of hydrogen-bond donors (Lipinski definition) is 2. The van der Waals surface area contributed by atoms with Gasteiger partial charge in [-0.2, -0.15) is 0 Å². The van der Waals surface area contributed by atoms with Crippen molar-refractivity contribution in [2.75, 3.05) is 20.1 Å². The molecule has 2 N–H and O–H groups in total. The molecule has 0 saturated heterocycles. The van der Waals surface area contributed by atoms with E-state index in [1.807, 2.05) is 18.1 Å². The van der Waals surface area contributed by atoms with Crippen LogP contribution in [0.2, 0.25) is 0 Å². The Bertz CT molecular complexity index is 819. The maximum Gasteiger partial charge on any atom is 0.414 e. The Kier molecular flexibility index (Phi) is 7.30. The number of aliphatic carboxylic acids is 2. The number of imidazole rings is 1. The Morgan fingerprint density at radius 1 is 1.25 bits per heavy atom. The summed E-state index contributed by atoms with van der Waals surface area (Å²) < 4.78 is 2.24. The zero-order valence-electron chi connectivity index (χ0n) is 16.0. The fourth-order valence-corrected chi connectivity index (χ4v) is 3.33. The molecule has 0 unspecified atom stereocenters. The standard InChI is InChI=1S/C16H22N4OS.C2H2O4/c1-12(2)18(3)11-16(21)19-6-7-20-13(9-17-15(20)10-19)14-5-4-8-22-14;3-1(4)2(5)6/h4-5,8-9,12H,6-7,10-11H2,1-3H3;(H,3,4)(H,5,6). The number of aromatic nitrogens is 2. The van der Waals surface area contributed by atoms with Crippen molar-refractivity contribution in [2.45, 2.75) is 33.0 Å². The summed E-state index contributed by atoms with van der Waals surface area (Å²) in [6.45, 7) is 6.85. The number of carboxylic acids is 2. The third-order valence-electron chi connectivity index (χ3n) is 4.44. The van der Waals surface area contributed by atoms with Gasteiger partial charge in [-0.1, -0.05) is 6.07 Å². The van der Waals surface area contributed by atoms with Gasteiger partial charge in [0.15, 0.2) is 0 Å². The number of hydrogen-bond acceptors (Lipinski definition) is 6. The molecular weight excluding hydrogens is 384 g/mol. The molecule has 3 heterocycles. The Morgan fingerprint density at radius 3 is 2.46 bits per heavy atom. The van der Waals surface area contributed by atoms with Crippen LogP contribution in [0.1, 0.15) is 19.7 Å². The number of thiophene rings is 1. The van der Waals surface area contributed by atoms with Gasteiger partial charge in [0.25, 0.3) is 0 Å². The Labute approximate surface area is 166 Å². The quantitative estimate of drug-likeness (QED) is 0.736. The fourth-order valence-electron chi connectivity index (χ4n) is 2.59. The predicted octanol–water partition coefficient (Wildman–Crippen LogP) is 1.45. The van der Waals surface area contributed by atoms with Crippen molar-refractivity contribution in [3.8, 4) is 10.6 Å². The predicted molar refractivity (Wildman–Crippen MR) is 104 cm³/mol. The maximum atomic E-state index is 12.4. The van der Waals surface area contributed by atoms with E-state index in [-0.39, 0.29) is 5.91 Å². The van der Waals surface area contributed by atoms with Crippen LogP contribution in [0.5, 0.6) is 0 Å². The van der Waals surface area contributed by atoms with Crippen molar-refractivity contribution in [3.63, 3.8) is 0 Å². The number of carbonyl (C=O) groups is 3. The number of carbonyl (C=O) groups excluding carboxylic acids is 1. The molecule has 0 aromatic carbocycles. The van der Waals surface area contributed by atoms with Gasteiger partial charge in [0.2, 0.25) is 5.91 Å². The molecular formula is C18H24N4O5S. The molecule has 1 aliphatic rings. The third kappa shape index (κ3) is 5.40. The second-order valence-electron chi connectivity index (χ2n) is 6.62. The highest BCUT2D eigenvalue weighted by Crippen LogP contribution is 2.27. The summed E-state index contributed by atoms with van der Waals surface area (Å²) >= 11 is 1.72. The Hall–Kier alpha value is -2.72. The number of nitrogens with zero attached hydrogens (tertiary/aromatic N) is 4. The largest absolute Gasteiger partial charge is 0.473 e. The second-order valence-corrected chi connectivity index (χ2v) is 7.57. The van der Waals surface area contributed by atoms with Gasteiger partial charge in [0.1, 0.15) is 5.82 Å². The smallest absolute Gasteiger partial charge is 0.414 e. The summed E-state index contributed by atoms with van der Waals surface area (Å²) in [6.07, 6.45) is 1.93. The van der Waals surface area contributed by atoms with Crippen LogP contribution in [0, 0.1) is 0 Å². The summed E-state index contributed by atoms with van der Waals surface area (Å²) in [7, 11) is 1.99. The van der Waals surface area contributed by atoms with Crippen molar-refractivity contribution >= 4 is 29.2 Å². The molecule has 0 aliphatic carbocycles. The van der Waals surface area contributed by atoms with Crippen molar-refractivity contribution in [1.82, 2.24) is 19.4 Å². The van der Waals surface area contributed by atoms with Gasteiger partial charge in [-0.05, 0) is 32.3 Å². The summed E-state index contributed by atoms with van der Waals surface area (Å²) in [5, 5.41) is 16.9. The van der Waals surface area contributed by atoms with E-state index in [1.54, 1.807) is 11.3 Å². The van der Waals surface area contributed by atoms with Gasteiger partial charge in [-0.3, -0.25) is 9.69 Å². The highest BCUT2D eigenvalue weighted by atomic mass is 32.1. The van der Waals surface area contributed by atoms with Gasteiger partial charge in [0.05, 0.1) is 29.9 Å². The van der Waals surface area contributed by atoms with E-state index >= 15 is 0 Å². The summed E-state index contributed by atoms with van der Waals surface area (Å²) in [4.78, 5) is 40.3. The lowest BCUT2D eigenvalue weighted by Crippen LogP contribution is -2.44. The molecule has 0 saturated carbocycles. The second kappa shape index (κ2) is 9.47. The Balaban J connectivity index is 0.000000409. The summed E-state index contributed by atoms with van der Waals surface area (Å²) in [5.41, 5.74) is 1.16. The minimum atomic E-state index is -1.82. The molecule has 1 aliphatic heterocycles. The van der Waals surface area contributed by atoms with E-state index in [9.17, 15) is 4.79 Å². The molecule has 1 amide bonds. The van der Waals surface area contributed by atoms with Crippen molar-refractivity contribution in [1.29, 1.82) is 0 Å². The van der Waals surface area contributed by atoms with Gasteiger partial charge in [-0.25, -0.2) is 14.6 Å². The zero-order valence-corrected chi connectivity index (χ0v) is 16.8. The van der Waals surface area contributed by atoms with Crippen molar-refractivity contribution in [3.05, 3.63) is 29.5 Å². The first-order chi connectivity index (χ1) is 13.2. The minimum Gasteiger partial charge on any atom is -0.473 e. The van der Waals surface area contributed by atoms with E-state index < -0.39 is 11.9 Å². The molecule has 28 heavy (non-hydrogen) atoms. The van der Waals surface area contributed by atoms with E-state index in [1.165, 1.54) is 4.88 Å². The van der Waals surface area contributed by atoms with Gasteiger partial charge in [0, 0.05) is 19.1 Å². The lowest BCUT2D eigenvalue weighted by Gasteiger charge is -2.31. The first kappa shape index (κ1) is 21.6. The molecule has 2 aromatic rings. The number of likely N-dealkylation sites (N-methyl/N-ethyl adjacent to an activating group) is 1. The van der Waals surface area contributed by atoms with Gasteiger partial charge < -0.3 is 19.7 Å². The molecule has 10 heteroatoms. The van der Waals surface area contributed by atoms with Crippen molar-refractivity contribution < 1.29 is 24.6 Å². The molecule has 0 fully saturated rings. The van der Waals surface area contributed by atoms with E-state index in [2.05, 4.69) is 45.8 Å². The van der Waals surface area contributed by atoms with Crippen LogP contribution in [0.15, 0.2) is 23.7 Å². The van der Waals surface area contributed by atoms with E-state index in [4.69, 9.17) is 19.8 Å². The number of amides is 1. The monoisotopic (exact) mass is 408 g/mol. The average molecular weight is 408 g/mol. The van der Waals surface area contributed by atoms with E-state index in [0.29, 0.717) is 19.1 Å². The highest BCUT2D eigenvalue weighted by Gasteiger charge is 2.25. The van der Waals surface area contributed by atoms with Gasteiger partial charge in [-0.15, -0.1) is 11.3 Å². The van der Waals surface area contributed by atoms with Crippen molar-refractivity contribution in [2.24, 2.45) is 0 Å². The zero-order chi connectivity index (χ0) is 20.8. The highest BCUT2D eigenvalue weighted by molar-refractivity contribution is 7.13. The minimum absolute atomic E-state index is 0.183. The first-order valence-corrected chi connectivity index (χ1v) is 9.61. The topological polar surface area (TPSA) is 116 Å². The molecule has 0 spiro atoms. The normalized spacial score (nSPS) is 13.1. The lowest BCUT2D eigenvalue weighted by atomic mass is 10.3. The molecule has 2 aromatic heterocycles. The van der Waals surface area contributed by atoms with Crippen LogP contribution < -0.4 is 0 Å². The van der Waals surface area contributed by atoms with Gasteiger partial charge >= 0.3 is 11.9 Å². The lowest BCUT2D eigenvalue weighted by molar-refractivity contribution is -0.159. The molecule has 152 valence electrons. The molecule has 0 atom stereocenters. The third-order valence-corrected chi connectivity index (χ3v) is 5.33. The fraction of sp³-hybridized carbons (Fsp3) is 0.444. The van der Waals surface area contributed by atoms with E-state index in [0.717, 1.165) is 24.6 Å². The molecule has 9 nitrogen and oxygen atoms in total. The summed E-state index contributed by atoms with van der Waals surface area (Å²) in [6, 6.07) is 4.55. The molecule has 0 bridgehead atoms. The maximum absolute atomic E-state index is 12.4. The number of fused-ring (bicyclic) bond motifs is 1. The first-order valence-electron chi connectivity index (χ1n) is 8.73. The van der Waals surface area contributed by atoms with Crippen LogP contribution in [0.4, 0.5) is 0 Å². The average Bonchev–Trinajstić information content (AvgIpc) is 3.30. The van der Waals surface area contributed by atoms with Crippen LogP contribution in [0.3, 0.4) is 0 Å². The SMILES string of the molecule is CC(C)N(C)CC(=O)N1CCn2c(-c3cccs3)cnc2C1.O=C(O)C(=O)O. The molecule has 0 radical (unpaired) electrons. The van der Waals surface area contributed by atoms with Crippen LogP contribution in [-0.4, -0.2) is 73.6 Å². The summed E-state index contributed by atoms with van der Waals surface area (Å²) in [5.74, 6) is -2.48. The molecule has 3 rings (SSSR count).